The Kier molecular flexibility index (Phi) is 24.7. The first-order valence-corrected chi connectivity index (χ1v) is 27.1. The Labute approximate surface area is 393 Å². The molecule has 0 spiro atoms. The van der Waals surface area contributed by atoms with Crippen LogP contribution >= 0.6 is 35.2 Å². The number of unbranched alkanes of at least 4 members (excludes halogenated alkanes) is 5. The zero-order chi connectivity index (χ0) is 49.7. The number of carbonyl (C=O) groups excluding carboxylic acids is 3. The van der Waals surface area contributed by atoms with Gasteiger partial charge in [0, 0.05) is 37.1 Å². The molecule has 378 valence electrons. The highest BCUT2D eigenvalue weighted by Crippen LogP contribution is 2.61. The highest BCUT2D eigenvalue weighted by Gasteiger charge is 2.50. The number of thioether (sulfide) groups is 1. The van der Waals surface area contributed by atoms with Gasteiger partial charge in [0.1, 0.15) is 36.3 Å². The van der Waals surface area contributed by atoms with Gasteiger partial charge in [-0.2, -0.15) is 4.31 Å². The molecular weight excluding hydrogens is 963 g/mol. The number of anilines is 1. The van der Waals surface area contributed by atoms with E-state index in [1.165, 1.54) is 33.1 Å². The maximum atomic E-state index is 12.7. The maximum Gasteiger partial charge on any atom is 0.481 e. The SMILES string of the molecule is CCCCC/C=C/C/C=C/CC/C=C/CCCC(=O)SCCNC(=O)CCNC(=O)C(O)C(C)(C)COP(=O)(O)OP(=O)(O)OCC1OC(n2cnc3c(N)ncnc32)C(O)C1OP(=O)(O)O. The lowest BCUT2D eigenvalue weighted by Gasteiger charge is -2.30. The Morgan fingerprint density at radius 2 is 1.57 bits per heavy atom. The standard InChI is InChI=1S/C39H64N7O17P3S/c1-4-5-6-7-8-9-10-11-12-13-14-15-16-17-18-19-30(48)67-23-22-41-29(47)20-21-42-37(51)34(50)39(2,3)25-60-66(57,58)63-65(55,56)59-24-28-33(62-64(52,53)54)32(49)38(61-28)46-27-45-31-35(40)43-26-44-36(31)46/h8-9,11-12,15-16,26-28,32-34,38,49-50H,4-7,10,13-14,17-25H2,1-3H3,(H,41,47)(H,42,51)(H,55,56)(H,57,58)(H2,40,43,44)(H2,52,53,54)/b9-8+,12-11+,16-15+. The van der Waals surface area contributed by atoms with Crippen LogP contribution in [0.5, 0.6) is 0 Å². The third-order valence-electron chi connectivity index (χ3n) is 9.76. The van der Waals surface area contributed by atoms with E-state index in [-0.39, 0.29) is 41.6 Å². The van der Waals surface area contributed by atoms with Crippen molar-refractivity contribution in [2.75, 3.05) is 37.8 Å². The number of allylic oxidation sites excluding steroid dienone is 6. The number of amides is 2. The van der Waals surface area contributed by atoms with Crippen molar-refractivity contribution in [2.45, 2.75) is 122 Å². The summed E-state index contributed by atoms with van der Waals surface area (Å²) in [5.41, 5.74) is 4.27. The lowest BCUT2D eigenvalue weighted by molar-refractivity contribution is -0.137. The molecule has 0 bridgehead atoms. The van der Waals surface area contributed by atoms with Crippen LogP contribution in [0.15, 0.2) is 49.1 Å². The minimum atomic E-state index is -5.58. The number of carbonyl (C=O) groups is 3. The molecule has 1 aliphatic heterocycles. The predicted octanol–water partition coefficient (Wildman–Crippen LogP) is 4.25. The summed E-state index contributed by atoms with van der Waals surface area (Å²) in [5, 5.41) is 26.6. The van der Waals surface area contributed by atoms with E-state index in [1.807, 2.05) is 0 Å². The summed E-state index contributed by atoms with van der Waals surface area (Å²) in [5.74, 6) is -1.08. The molecule has 7 atom stereocenters. The predicted molar refractivity (Wildman–Crippen MR) is 246 cm³/mol. The van der Waals surface area contributed by atoms with E-state index in [0.29, 0.717) is 12.2 Å². The number of nitrogen functional groups attached to an aromatic ring is 1. The van der Waals surface area contributed by atoms with Gasteiger partial charge >= 0.3 is 23.5 Å². The number of phosphoric ester groups is 3. The summed E-state index contributed by atoms with van der Waals surface area (Å²) in [4.78, 5) is 88.3. The van der Waals surface area contributed by atoms with Gasteiger partial charge in [-0.25, -0.2) is 28.6 Å². The fourth-order valence-corrected chi connectivity index (χ4v) is 9.73. The number of nitrogens with two attached hydrogens (primary N) is 1. The minimum Gasteiger partial charge on any atom is -0.386 e. The van der Waals surface area contributed by atoms with Crippen molar-refractivity contribution in [1.82, 2.24) is 30.2 Å². The third kappa shape index (κ3) is 21.5. The molecule has 0 saturated carbocycles. The van der Waals surface area contributed by atoms with Crippen molar-refractivity contribution in [1.29, 1.82) is 0 Å². The molecule has 3 heterocycles. The summed E-state index contributed by atoms with van der Waals surface area (Å²) in [7, 11) is -16.4. The van der Waals surface area contributed by atoms with Gasteiger partial charge in [0.05, 0.1) is 19.5 Å². The summed E-state index contributed by atoms with van der Waals surface area (Å²) >= 11 is 1.12. The van der Waals surface area contributed by atoms with E-state index in [1.54, 1.807) is 0 Å². The first kappa shape index (κ1) is 58.1. The molecule has 1 fully saturated rings. The van der Waals surface area contributed by atoms with Gasteiger partial charge in [-0.05, 0) is 44.9 Å². The van der Waals surface area contributed by atoms with Crippen molar-refractivity contribution in [3.8, 4) is 0 Å². The molecule has 0 aromatic carbocycles. The zero-order valence-electron chi connectivity index (χ0n) is 37.6. The number of ether oxygens (including phenoxy) is 1. The van der Waals surface area contributed by atoms with E-state index >= 15 is 0 Å². The number of imidazole rings is 1. The van der Waals surface area contributed by atoms with Crippen molar-refractivity contribution >= 4 is 69.1 Å². The Morgan fingerprint density at radius 1 is 0.910 bits per heavy atom. The molecule has 10 N–H and O–H groups in total. The second-order valence-electron chi connectivity index (χ2n) is 15.9. The van der Waals surface area contributed by atoms with Crippen molar-refractivity contribution in [3.05, 3.63) is 49.1 Å². The number of rotatable bonds is 32. The molecule has 1 aliphatic rings. The number of fused-ring (bicyclic) bond motifs is 1. The second kappa shape index (κ2) is 28.4. The first-order valence-electron chi connectivity index (χ1n) is 21.6. The molecule has 28 heteroatoms. The average Bonchev–Trinajstić information content (AvgIpc) is 3.81. The molecule has 0 radical (unpaired) electrons. The van der Waals surface area contributed by atoms with Gasteiger partial charge in [0.2, 0.25) is 11.8 Å². The number of phosphoric acid groups is 3. The lowest BCUT2D eigenvalue weighted by atomic mass is 9.87. The monoisotopic (exact) mass is 1030 g/mol. The summed E-state index contributed by atoms with van der Waals surface area (Å²) in [6, 6.07) is 0. The highest BCUT2D eigenvalue weighted by atomic mass is 32.2. The van der Waals surface area contributed by atoms with Crippen molar-refractivity contribution in [3.63, 3.8) is 0 Å². The Hall–Kier alpha value is -3.22. The van der Waals surface area contributed by atoms with E-state index < -0.39 is 84.6 Å². The topological polar surface area (TPSA) is 364 Å². The largest absolute Gasteiger partial charge is 0.481 e. The number of aliphatic hydroxyl groups is 2. The molecule has 2 aromatic heterocycles. The highest BCUT2D eigenvalue weighted by molar-refractivity contribution is 8.13. The van der Waals surface area contributed by atoms with Crippen molar-refractivity contribution in [2.24, 2.45) is 5.41 Å². The molecule has 2 amide bonds. The Bertz CT molecular complexity index is 2140. The van der Waals surface area contributed by atoms with E-state index in [2.05, 4.69) is 77.8 Å². The summed E-state index contributed by atoms with van der Waals surface area (Å²) < 4.78 is 62.4. The second-order valence-corrected chi connectivity index (χ2v) is 21.3. The van der Waals surface area contributed by atoms with Crippen LogP contribution < -0.4 is 16.4 Å². The number of nitrogens with zero attached hydrogens (tertiary/aromatic N) is 4. The first-order chi connectivity index (χ1) is 31.6. The number of aliphatic hydroxyl groups excluding tert-OH is 2. The Balaban J connectivity index is 1.32. The van der Waals surface area contributed by atoms with Crippen LogP contribution in [-0.4, -0.2) is 123 Å². The molecule has 0 aliphatic carbocycles. The van der Waals surface area contributed by atoms with Gasteiger partial charge in [-0.3, -0.25) is 32.5 Å². The fraction of sp³-hybridized carbons (Fsp3) is 0.641. The number of nitrogens with one attached hydrogen (secondary N) is 2. The van der Waals surface area contributed by atoms with Crippen LogP contribution in [0.4, 0.5) is 5.82 Å². The lowest BCUT2D eigenvalue weighted by Crippen LogP contribution is -2.46. The van der Waals surface area contributed by atoms with Gasteiger partial charge in [-0.1, -0.05) is 81.8 Å². The van der Waals surface area contributed by atoms with Crippen LogP contribution in [0.2, 0.25) is 0 Å². The number of hydrogen-bond acceptors (Lipinski definition) is 18. The Morgan fingerprint density at radius 3 is 2.27 bits per heavy atom. The fourth-order valence-electron chi connectivity index (χ4n) is 6.18. The van der Waals surface area contributed by atoms with Gasteiger partial charge < -0.3 is 50.9 Å². The van der Waals surface area contributed by atoms with E-state index in [4.69, 9.17) is 19.5 Å². The van der Waals surface area contributed by atoms with Gasteiger partial charge in [-0.15, -0.1) is 0 Å². The molecule has 1 saturated heterocycles. The normalized spacial score (nSPS) is 20.4. The summed E-state index contributed by atoms with van der Waals surface area (Å²) in [6.45, 7) is 2.72. The quantitative estimate of drug-likeness (QED) is 0.0281. The average molecular weight is 1030 g/mol. The summed E-state index contributed by atoms with van der Waals surface area (Å²) in [6.07, 6.45) is 15.8. The molecular formula is C39H64N7O17P3S. The van der Waals surface area contributed by atoms with E-state index in [9.17, 15) is 57.9 Å². The molecule has 67 heavy (non-hydrogen) atoms. The van der Waals surface area contributed by atoms with Crippen LogP contribution in [-0.2, 0) is 50.7 Å². The number of aromatic nitrogens is 4. The van der Waals surface area contributed by atoms with Gasteiger partial charge in [0.25, 0.3) is 0 Å². The minimum absolute atomic E-state index is 0.0188. The van der Waals surface area contributed by atoms with Crippen LogP contribution in [0.3, 0.4) is 0 Å². The smallest absolute Gasteiger partial charge is 0.386 e. The third-order valence-corrected chi connectivity index (χ3v) is 13.8. The molecule has 2 aromatic rings. The number of hydrogen-bond donors (Lipinski definition) is 9. The van der Waals surface area contributed by atoms with Crippen LogP contribution in [0, 0.1) is 5.41 Å². The zero-order valence-corrected chi connectivity index (χ0v) is 41.1. The molecule has 7 unspecified atom stereocenters. The van der Waals surface area contributed by atoms with Crippen LogP contribution in [0.1, 0.15) is 97.6 Å². The molecule has 24 nitrogen and oxygen atoms in total. The van der Waals surface area contributed by atoms with Crippen LogP contribution in [0.25, 0.3) is 11.2 Å². The van der Waals surface area contributed by atoms with Crippen molar-refractivity contribution < 1.29 is 80.5 Å². The van der Waals surface area contributed by atoms with Gasteiger partial charge in [0.15, 0.2) is 22.8 Å². The van der Waals surface area contributed by atoms with E-state index in [0.717, 1.165) is 67.5 Å². The molecule has 3 rings (SSSR count). The maximum absolute atomic E-state index is 12.7.